The third-order valence-electron chi connectivity index (χ3n) is 1.74. The second-order valence-electron chi connectivity index (χ2n) is 2.61. The smallest absolute Gasteiger partial charge is 0.0948 e. The molecule has 68 valence electrons. The third kappa shape index (κ3) is 2.53. The summed E-state index contributed by atoms with van der Waals surface area (Å²) in [5.41, 5.74) is 6.71. The molecule has 3 nitrogen and oxygen atoms in total. The van der Waals surface area contributed by atoms with Gasteiger partial charge >= 0.3 is 0 Å². The van der Waals surface area contributed by atoms with Gasteiger partial charge in [-0.15, -0.1) is 0 Å². The van der Waals surface area contributed by atoms with Crippen molar-refractivity contribution in [3.63, 3.8) is 0 Å². The van der Waals surface area contributed by atoms with Gasteiger partial charge in [0, 0.05) is 30.6 Å². The fourth-order valence-corrected chi connectivity index (χ4v) is 1.47. The van der Waals surface area contributed by atoms with Crippen molar-refractivity contribution < 1.29 is 0 Å². The van der Waals surface area contributed by atoms with Crippen molar-refractivity contribution in [3.8, 4) is 0 Å². The standard InChI is InChI=1S/C8H15N3S/c1-12-5-4-11-7-10-6-8(11)2-3-9/h6-7H,2-5,9H2,1H3. The number of aromatic nitrogens is 2. The highest BCUT2D eigenvalue weighted by Gasteiger charge is 1.99. The fourth-order valence-electron chi connectivity index (χ4n) is 1.10. The molecule has 0 bridgehead atoms. The van der Waals surface area contributed by atoms with Crippen LogP contribution in [0.2, 0.25) is 0 Å². The van der Waals surface area contributed by atoms with E-state index in [9.17, 15) is 0 Å². The second-order valence-corrected chi connectivity index (χ2v) is 3.60. The molecule has 0 aliphatic heterocycles. The molecule has 2 N–H and O–H groups in total. The Morgan fingerprint density at radius 1 is 1.67 bits per heavy atom. The number of imidazole rings is 1. The molecule has 0 atom stereocenters. The first-order valence-corrected chi connectivity index (χ1v) is 5.46. The largest absolute Gasteiger partial charge is 0.334 e. The molecule has 1 aromatic heterocycles. The van der Waals surface area contributed by atoms with Crippen molar-refractivity contribution in [1.82, 2.24) is 9.55 Å². The molecule has 0 spiro atoms. The van der Waals surface area contributed by atoms with Crippen molar-refractivity contribution in [2.75, 3.05) is 18.6 Å². The van der Waals surface area contributed by atoms with Crippen LogP contribution in [0.1, 0.15) is 5.69 Å². The minimum atomic E-state index is 0.699. The van der Waals surface area contributed by atoms with Crippen LogP contribution >= 0.6 is 11.8 Å². The van der Waals surface area contributed by atoms with E-state index in [1.165, 1.54) is 5.69 Å². The van der Waals surface area contributed by atoms with E-state index in [0.29, 0.717) is 6.54 Å². The molecule has 0 unspecified atom stereocenters. The molecule has 0 radical (unpaired) electrons. The van der Waals surface area contributed by atoms with Crippen LogP contribution in [-0.2, 0) is 13.0 Å². The molecular formula is C8H15N3S. The van der Waals surface area contributed by atoms with Gasteiger partial charge in [0.2, 0.25) is 0 Å². The summed E-state index contributed by atoms with van der Waals surface area (Å²) in [6, 6.07) is 0. The number of hydrogen-bond donors (Lipinski definition) is 1. The lowest BCUT2D eigenvalue weighted by molar-refractivity contribution is 0.714. The van der Waals surface area contributed by atoms with Crippen LogP contribution in [0.15, 0.2) is 12.5 Å². The van der Waals surface area contributed by atoms with Crippen LogP contribution < -0.4 is 5.73 Å². The Balaban J connectivity index is 2.51. The lowest BCUT2D eigenvalue weighted by Gasteiger charge is -2.04. The maximum Gasteiger partial charge on any atom is 0.0948 e. The molecule has 0 aliphatic rings. The molecular weight excluding hydrogens is 170 g/mol. The van der Waals surface area contributed by atoms with E-state index < -0.39 is 0 Å². The highest BCUT2D eigenvalue weighted by molar-refractivity contribution is 7.98. The lowest BCUT2D eigenvalue weighted by atomic mass is 10.3. The lowest BCUT2D eigenvalue weighted by Crippen LogP contribution is -2.09. The number of nitrogens with two attached hydrogens (primary N) is 1. The number of thioether (sulfide) groups is 1. The zero-order valence-electron chi connectivity index (χ0n) is 7.36. The van der Waals surface area contributed by atoms with E-state index in [2.05, 4.69) is 15.8 Å². The van der Waals surface area contributed by atoms with Crippen molar-refractivity contribution in [1.29, 1.82) is 0 Å². The van der Waals surface area contributed by atoms with Crippen molar-refractivity contribution >= 4 is 11.8 Å². The molecule has 0 saturated heterocycles. The molecule has 4 heteroatoms. The van der Waals surface area contributed by atoms with E-state index in [1.54, 1.807) is 0 Å². The van der Waals surface area contributed by atoms with Gasteiger partial charge in [-0.25, -0.2) is 4.98 Å². The fraction of sp³-hybridized carbons (Fsp3) is 0.625. The van der Waals surface area contributed by atoms with E-state index >= 15 is 0 Å². The maximum atomic E-state index is 5.47. The molecule has 1 aromatic rings. The van der Waals surface area contributed by atoms with Crippen LogP contribution in [0.25, 0.3) is 0 Å². The monoisotopic (exact) mass is 185 g/mol. The first-order valence-electron chi connectivity index (χ1n) is 4.06. The normalized spacial score (nSPS) is 10.5. The quantitative estimate of drug-likeness (QED) is 0.736. The Morgan fingerprint density at radius 2 is 2.50 bits per heavy atom. The predicted molar refractivity (Wildman–Crippen MR) is 53.4 cm³/mol. The van der Waals surface area contributed by atoms with E-state index in [-0.39, 0.29) is 0 Å². The zero-order valence-corrected chi connectivity index (χ0v) is 8.18. The van der Waals surface area contributed by atoms with E-state index in [4.69, 9.17) is 5.73 Å². The van der Waals surface area contributed by atoms with Crippen molar-refractivity contribution in [3.05, 3.63) is 18.2 Å². The SMILES string of the molecule is CSCCn1cncc1CCN. The van der Waals surface area contributed by atoms with Crippen LogP contribution in [-0.4, -0.2) is 28.1 Å². The van der Waals surface area contributed by atoms with Gasteiger partial charge in [0.05, 0.1) is 6.33 Å². The number of nitrogens with zero attached hydrogens (tertiary/aromatic N) is 2. The molecule has 1 rings (SSSR count). The van der Waals surface area contributed by atoms with Crippen LogP contribution in [0.3, 0.4) is 0 Å². The molecule has 0 aromatic carbocycles. The Bertz CT molecular complexity index is 222. The summed E-state index contributed by atoms with van der Waals surface area (Å²) in [7, 11) is 0. The molecule has 0 amide bonds. The first kappa shape index (κ1) is 9.61. The van der Waals surface area contributed by atoms with Crippen LogP contribution in [0.5, 0.6) is 0 Å². The Kier molecular flexibility index (Phi) is 4.18. The van der Waals surface area contributed by atoms with E-state index in [1.807, 2.05) is 24.3 Å². The average Bonchev–Trinajstić information content (AvgIpc) is 2.50. The average molecular weight is 185 g/mol. The third-order valence-corrected chi connectivity index (χ3v) is 2.33. The molecule has 1 heterocycles. The predicted octanol–water partition coefficient (Wildman–Crippen LogP) is 0.747. The highest BCUT2D eigenvalue weighted by atomic mass is 32.2. The summed E-state index contributed by atoms with van der Waals surface area (Å²) in [6.07, 6.45) is 6.81. The van der Waals surface area contributed by atoms with Crippen molar-refractivity contribution in [2.24, 2.45) is 5.73 Å². The molecule has 12 heavy (non-hydrogen) atoms. The zero-order chi connectivity index (χ0) is 8.81. The summed E-state index contributed by atoms with van der Waals surface area (Å²) in [5, 5.41) is 0. The Hall–Kier alpha value is -0.480. The summed E-state index contributed by atoms with van der Waals surface area (Å²) in [6.45, 7) is 1.74. The molecule has 0 fully saturated rings. The number of rotatable bonds is 5. The van der Waals surface area contributed by atoms with E-state index in [0.717, 1.165) is 18.7 Å². The molecule has 0 aliphatic carbocycles. The second kappa shape index (κ2) is 5.22. The summed E-state index contributed by atoms with van der Waals surface area (Å²) >= 11 is 1.85. The van der Waals surface area contributed by atoms with Crippen LogP contribution in [0, 0.1) is 0 Å². The van der Waals surface area contributed by atoms with Gasteiger partial charge in [0.1, 0.15) is 0 Å². The molecule has 0 saturated carbocycles. The Labute approximate surface area is 77.4 Å². The maximum absolute atomic E-state index is 5.47. The van der Waals surface area contributed by atoms with Crippen molar-refractivity contribution in [2.45, 2.75) is 13.0 Å². The van der Waals surface area contributed by atoms with Gasteiger partial charge in [0.15, 0.2) is 0 Å². The minimum absolute atomic E-state index is 0.699. The van der Waals surface area contributed by atoms with Gasteiger partial charge in [-0.05, 0) is 12.8 Å². The van der Waals surface area contributed by atoms with Gasteiger partial charge < -0.3 is 10.3 Å². The topological polar surface area (TPSA) is 43.8 Å². The Morgan fingerprint density at radius 3 is 3.17 bits per heavy atom. The highest BCUT2D eigenvalue weighted by Crippen LogP contribution is 2.02. The van der Waals surface area contributed by atoms with Gasteiger partial charge in [0.25, 0.3) is 0 Å². The van der Waals surface area contributed by atoms with Gasteiger partial charge in [-0.2, -0.15) is 11.8 Å². The summed E-state index contributed by atoms with van der Waals surface area (Å²) < 4.78 is 2.17. The van der Waals surface area contributed by atoms with Gasteiger partial charge in [-0.3, -0.25) is 0 Å². The summed E-state index contributed by atoms with van der Waals surface area (Å²) in [4.78, 5) is 4.09. The first-order chi connectivity index (χ1) is 5.88. The van der Waals surface area contributed by atoms with Gasteiger partial charge in [-0.1, -0.05) is 0 Å². The number of aryl methyl sites for hydroxylation is 1. The summed E-state index contributed by atoms with van der Waals surface area (Å²) in [5.74, 6) is 1.13. The number of hydrogen-bond acceptors (Lipinski definition) is 3. The minimum Gasteiger partial charge on any atom is -0.334 e. The van der Waals surface area contributed by atoms with Crippen LogP contribution in [0.4, 0.5) is 0 Å².